The van der Waals surface area contributed by atoms with Crippen molar-refractivity contribution in [3.05, 3.63) is 60.0 Å². The Hall–Kier alpha value is -2.51. The molecule has 0 aliphatic heterocycles. The van der Waals surface area contributed by atoms with Gasteiger partial charge in [-0.05, 0) is 36.1 Å². The maximum Gasteiger partial charge on any atom is 0.273 e. The molecule has 1 amide bonds. The number of aliphatic hydroxyl groups excluding tert-OH is 1. The zero-order valence-corrected chi connectivity index (χ0v) is 13.7. The number of thioether (sulfide) groups is 1. The third-order valence-corrected chi connectivity index (χ3v) is 4.21. The molecule has 0 spiro atoms. The number of hydrogen-bond donors (Lipinski definition) is 2. The van der Waals surface area contributed by atoms with Gasteiger partial charge in [0.05, 0.1) is 12.4 Å². The molecule has 0 aliphatic carbocycles. The second-order valence-corrected chi connectivity index (χ2v) is 5.93. The average Bonchev–Trinajstić information content (AvgIpc) is 3.30. The molecule has 0 saturated heterocycles. The molecule has 6 nitrogen and oxygen atoms in total. The van der Waals surface area contributed by atoms with Gasteiger partial charge in [-0.1, -0.05) is 17.3 Å². The summed E-state index contributed by atoms with van der Waals surface area (Å²) < 4.78 is 10.3. The molecule has 3 rings (SSSR count). The molecule has 124 valence electrons. The molecule has 0 unspecified atom stereocenters. The molecule has 0 saturated carbocycles. The first-order chi connectivity index (χ1) is 11.7. The van der Waals surface area contributed by atoms with Crippen LogP contribution in [0.15, 0.2) is 62.6 Å². The summed E-state index contributed by atoms with van der Waals surface area (Å²) in [5, 5.41) is 16.5. The average molecular weight is 344 g/mol. The van der Waals surface area contributed by atoms with E-state index in [4.69, 9.17) is 8.94 Å². The summed E-state index contributed by atoms with van der Waals surface area (Å²) in [7, 11) is 0. The summed E-state index contributed by atoms with van der Waals surface area (Å²) in [4.78, 5) is 13.2. The minimum absolute atomic E-state index is 0.0837. The molecule has 1 atom stereocenters. The summed E-state index contributed by atoms with van der Waals surface area (Å²) in [5.41, 5.74) is 0.871. The number of benzene rings is 1. The molecule has 3 aromatic rings. The fraction of sp³-hybridized carbons (Fsp3) is 0.176. The second kappa shape index (κ2) is 7.37. The Balaban J connectivity index is 1.58. The van der Waals surface area contributed by atoms with Gasteiger partial charge in [0.15, 0.2) is 11.5 Å². The Kier molecular flexibility index (Phi) is 5.02. The van der Waals surface area contributed by atoms with Gasteiger partial charge in [0.25, 0.3) is 5.91 Å². The topological polar surface area (TPSA) is 88.5 Å². The van der Waals surface area contributed by atoms with E-state index in [9.17, 15) is 9.90 Å². The summed E-state index contributed by atoms with van der Waals surface area (Å²) in [6.07, 6.45) is 2.71. The number of carbonyl (C=O) groups excluding carboxylic acids is 1. The molecule has 2 N–H and O–H groups in total. The van der Waals surface area contributed by atoms with E-state index in [0.717, 1.165) is 10.5 Å². The van der Waals surface area contributed by atoms with E-state index in [2.05, 4.69) is 10.5 Å². The lowest BCUT2D eigenvalue weighted by molar-refractivity contribution is 0.0907. The van der Waals surface area contributed by atoms with E-state index < -0.39 is 12.0 Å². The number of carbonyl (C=O) groups is 1. The van der Waals surface area contributed by atoms with Crippen LogP contribution in [0.3, 0.4) is 0 Å². The van der Waals surface area contributed by atoms with Crippen molar-refractivity contribution in [2.45, 2.75) is 11.0 Å². The van der Waals surface area contributed by atoms with Crippen LogP contribution in [0.25, 0.3) is 11.5 Å². The van der Waals surface area contributed by atoms with Gasteiger partial charge in [-0.15, -0.1) is 11.8 Å². The number of aliphatic hydroxyl groups is 1. The van der Waals surface area contributed by atoms with E-state index in [1.165, 1.54) is 12.3 Å². The van der Waals surface area contributed by atoms with Gasteiger partial charge in [0.2, 0.25) is 5.76 Å². The Morgan fingerprint density at radius 2 is 2.08 bits per heavy atom. The zero-order chi connectivity index (χ0) is 16.9. The first kappa shape index (κ1) is 16.4. The van der Waals surface area contributed by atoms with Crippen LogP contribution < -0.4 is 5.32 Å². The number of hydrogen-bond acceptors (Lipinski definition) is 6. The fourth-order valence-corrected chi connectivity index (χ4v) is 2.55. The second-order valence-electron chi connectivity index (χ2n) is 5.05. The quantitative estimate of drug-likeness (QED) is 0.668. The molecular weight excluding hydrogens is 328 g/mol. The SMILES string of the molecule is CSc1ccc([C@@H](O)CNC(=O)c2cc(-c3ccco3)on2)cc1. The predicted molar refractivity (Wildman–Crippen MR) is 89.7 cm³/mol. The highest BCUT2D eigenvalue weighted by Crippen LogP contribution is 2.21. The zero-order valence-electron chi connectivity index (χ0n) is 12.9. The van der Waals surface area contributed by atoms with Crippen molar-refractivity contribution in [2.24, 2.45) is 0 Å². The number of furan rings is 1. The van der Waals surface area contributed by atoms with Gasteiger partial charge in [-0.2, -0.15) is 0 Å². The Labute approximate surface area is 142 Å². The molecule has 7 heteroatoms. The fourth-order valence-electron chi connectivity index (χ4n) is 2.14. The summed E-state index contributed by atoms with van der Waals surface area (Å²) in [6, 6.07) is 12.5. The lowest BCUT2D eigenvalue weighted by Gasteiger charge is -2.12. The molecular formula is C17H16N2O4S. The smallest absolute Gasteiger partial charge is 0.273 e. The van der Waals surface area contributed by atoms with Crippen LogP contribution in [0, 0.1) is 0 Å². The summed E-state index contributed by atoms with van der Waals surface area (Å²) in [5.74, 6) is 0.449. The first-order valence-electron chi connectivity index (χ1n) is 7.28. The largest absolute Gasteiger partial charge is 0.461 e. The van der Waals surface area contributed by atoms with E-state index in [1.54, 1.807) is 23.9 Å². The first-order valence-corrected chi connectivity index (χ1v) is 8.50. The van der Waals surface area contributed by atoms with E-state index in [1.807, 2.05) is 30.5 Å². The van der Waals surface area contributed by atoms with Gasteiger partial charge in [-0.25, -0.2) is 0 Å². The van der Waals surface area contributed by atoms with Crippen molar-refractivity contribution in [1.29, 1.82) is 0 Å². The van der Waals surface area contributed by atoms with Crippen LogP contribution in [0.5, 0.6) is 0 Å². The van der Waals surface area contributed by atoms with Gasteiger partial charge in [0.1, 0.15) is 0 Å². The summed E-state index contributed by atoms with van der Waals surface area (Å²) >= 11 is 1.63. The Bertz CT molecular complexity index is 796. The maximum atomic E-state index is 12.1. The van der Waals surface area contributed by atoms with Crippen molar-refractivity contribution >= 4 is 17.7 Å². The Morgan fingerprint density at radius 1 is 1.29 bits per heavy atom. The van der Waals surface area contributed by atoms with Gasteiger partial charge >= 0.3 is 0 Å². The van der Waals surface area contributed by atoms with Crippen LogP contribution in [0.4, 0.5) is 0 Å². The third-order valence-electron chi connectivity index (χ3n) is 3.46. The van der Waals surface area contributed by atoms with Gasteiger partial charge in [0, 0.05) is 17.5 Å². The standard InChI is InChI=1S/C17H16N2O4S/c1-24-12-6-4-11(5-7-12)14(20)10-18-17(21)13-9-16(23-19-13)15-3-2-8-22-15/h2-9,14,20H,10H2,1H3,(H,18,21)/t14-/m0/s1. The van der Waals surface area contributed by atoms with Gasteiger partial charge < -0.3 is 19.4 Å². The molecule has 0 fully saturated rings. The molecule has 0 bridgehead atoms. The monoisotopic (exact) mass is 344 g/mol. The predicted octanol–water partition coefficient (Wildman–Crippen LogP) is 3.12. The normalized spacial score (nSPS) is 12.1. The van der Waals surface area contributed by atoms with Gasteiger partial charge in [-0.3, -0.25) is 4.79 Å². The van der Waals surface area contributed by atoms with E-state index >= 15 is 0 Å². The van der Waals surface area contributed by atoms with Crippen LogP contribution >= 0.6 is 11.8 Å². The van der Waals surface area contributed by atoms with Crippen molar-refractivity contribution in [1.82, 2.24) is 10.5 Å². The van der Waals surface area contributed by atoms with Crippen molar-refractivity contribution in [3.8, 4) is 11.5 Å². The number of amides is 1. The third kappa shape index (κ3) is 3.69. The van der Waals surface area contributed by atoms with Crippen LogP contribution in [0.2, 0.25) is 0 Å². The minimum atomic E-state index is -0.790. The molecule has 24 heavy (non-hydrogen) atoms. The lowest BCUT2D eigenvalue weighted by Crippen LogP contribution is -2.28. The molecule has 0 aliphatic rings. The van der Waals surface area contributed by atoms with Crippen molar-refractivity contribution in [3.63, 3.8) is 0 Å². The highest BCUT2D eigenvalue weighted by molar-refractivity contribution is 7.98. The Morgan fingerprint density at radius 3 is 2.75 bits per heavy atom. The van der Waals surface area contributed by atoms with E-state index in [0.29, 0.717) is 11.5 Å². The van der Waals surface area contributed by atoms with Crippen molar-refractivity contribution in [2.75, 3.05) is 12.8 Å². The number of aromatic nitrogens is 1. The van der Waals surface area contributed by atoms with E-state index in [-0.39, 0.29) is 12.2 Å². The molecule has 0 radical (unpaired) electrons. The minimum Gasteiger partial charge on any atom is -0.461 e. The van der Waals surface area contributed by atoms with Crippen LogP contribution in [-0.4, -0.2) is 29.0 Å². The maximum absolute atomic E-state index is 12.1. The highest BCUT2D eigenvalue weighted by atomic mass is 32.2. The molecule has 1 aromatic carbocycles. The highest BCUT2D eigenvalue weighted by Gasteiger charge is 2.16. The molecule has 2 aromatic heterocycles. The van der Waals surface area contributed by atoms with Crippen LogP contribution in [-0.2, 0) is 0 Å². The van der Waals surface area contributed by atoms with Crippen LogP contribution in [0.1, 0.15) is 22.2 Å². The summed E-state index contributed by atoms with van der Waals surface area (Å²) in [6.45, 7) is 0.0837. The number of nitrogens with one attached hydrogen (secondary N) is 1. The molecule has 2 heterocycles. The lowest BCUT2D eigenvalue weighted by atomic mass is 10.1. The number of rotatable bonds is 6. The van der Waals surface area contributed by atoms with Crippen molar-refractivity contribution < 1.29 is 18.8 Å². The number of nitrogens with zero attached hydrogens (tertiary/aromatic N) is 1.